The number of rotatable bonds is 4. The molecule has 1 aliphatic rings. The topological polar surface area (TPSA) is 39.4 Å². The normalized spacial score (nSPS) is 14.0. The predicted octanol–water partition coefficient (Wildman–Crippen LogP) is 2.02. The molecule has 118 valence electrons. The molecule has 0 atom stereocenters. The van der Waals surface area contributed by atoms with Crippen LogP contribution in [0.2, 0.25) is 0 Å². The Labute approximate surface area is 141 Å². The maximum Gasteiger partial charge on any atom is 0.343 e. The molecule has 24 heavy (non-hydrogen) atoms. The molecule has 4 heteroatoms. The van der Waals surface area contributed by atoms with Crippen molar-refractivity contribution in [2.45, 2.75) is 19.4 Å². The highest BCUT2D eigenvalue weighted by atomic mass is 16.5. The van der Waals surface area contributed by atoms with Crippen LogP contribution in [0.3, 0.4) is 0 Å². The molecule has 0 saturated heterocycles. The molecule has 0 unspecified atom stereocenters. The molecule has 0 aliphatic heterocycles. The second-order valence-corrected chi connectivity index (χ2v) is 5.73. The van der Waals surface area contributed by atoms with Crippen LogP contribution in [-0.4, -0.2) is 7.85 Å². The first-order valence-corrected chi connectivity index (χ1v) is 7.73. The van der Waals surface area contributed by atoms with E-state index < -0.39 is 5.63 Å². The van der Waals surface area contributed by atoms with E-state index in [1.54, 1.807) is 12.2 Å². The molecule has 0 N–H and O–H groups in total. The Hall–Kier alpha value is -2.75. The van der Waals surface area contributed by atoms with Gasteiger partial charge in [-0.1, -0.05) is 49.6 Å². The van der Waals surface area contributed by atoms with Gasteiger partial charge in [0.1, 0.15) is 25.6 Å². The molecule has 1 aromatic heterocycles. The van der Waals surface area contributed by atoms with Gasteiger partial charge < -0.3 is 9.15 Å². The summed E-state index contributed by atoms with van der Waals surface area (Å²) >= 11 is 0. The minimum Gasteiger partial charge on any atom is -0.489 e. The van der Waals surface area contributed by atoms with Crippen LogP contribution < -0.4 is 16.3 Å². The van der Waals surface area contributed by atoms with E-state index in [4.69, 9.17) is 17.0 Å². The molecule has 0 fully saturated rings. The zero-order valence-corrected chi connectivity index (χ0v) is 13.4. The smallest absolute Gasteiger partial charge is 0.343 e. The summed E-state index contributed by atoms with van der Waals surface area (Å²) in [5.41, 5.74) is 3.06. The molecule has 3 rings (SSSR count). The summed E-state index contributed by atoms with van der Waals surface area (Å²) in [4.78, 5) is 12.2. The number of hydrogen-bond donors (Lipinski definition) is 0. The van der Waals surface area contributed by atoms with Gasteiger partial charge in [-0.15, -0.1) is 5.47 Å². The van der Waals surface area contributed by atoms with Gasteiger partial charge in [0.2, 0.25) is 0 Å². The van der Waals surface area contributed by atoms with Crippen molar-refractivity contribution < 1.29 is 9.15 Å². The van der Waals surface area contributed by atoms with Crippen LogP contribution in [0.1, 0.15) is 23.1 Å². The van der Waals surface area contributed by atoms with Crippen molar-refractivity contribution in [1.82, 2.24) is 0 Å². The summed E-state index contributed by atoms with van der Waals surface area (Å²) in [5, 5.41) is 0.679. The van der Waals surface area contributed by atoms with Crippen molar-refractivity contribution in [3.05, 3.63) is 85.9 Å². The molecule has 1 heterocycles. The van der Waals surface area contributed by atoms with Crippen molar-refractivity contribution in [1.29, 1.82) is 0 Å². The van der Waals surface area contributed by atoms with E-state index in [9.17, 15) is 4.79 Å². The van der Waals surface area contributed by atoms with Crippen molar-refractivity contribution in [3.8, 4) is 0 Å². The Bertz CT molecular complexity index is 968. The lowest BCUT2D eigenvalue weighted by molar-refractivity contribution is 0.217. The Kier molecular flexibility index (Phi) is 4.56. The highest BCUT2D eigenvalue weighted by Gasteiger charge is 2.14. The van der Waals surface area contributed by atoms with Gasteiger partial charge in [-0.3, -0.25) is 0 Å². The van der Waals surface area contributed by atoms with Gasteiger partial charge in [0.05, 0.1) is 5.56 Å². The van der Waals surface area contributed by atoms with Crippen LogP contribution in [-0.2, 0) is 17.8 Å². The zero-order valence-electron chi connectivity index (χ0n) is 13.4. The maximum atomic E-state index is 12.2. The molecule has 0 bridgehead atoms. The van der Waals surface area contributed by atoms with E-state index in [0.29, 0.717) is 46.9 Å². The Morgan fingerprint density at radius 1 is 1.29 bits per heavy atom. The maximum absolute atomic E-state index is 12.2. The second-order valence-electron chi connectivity index (χ2n) is 5.73. The molecule has 1 aliphatic carbocycles. The monoisotopic (exact) mass is 316 g/mol. The lowest BCUT2D eigenvalue weighted by atomic mass is 9.82. The minimum absolute atomic E-state index is 0.380. The van der Waals surface area contributed by atoms with Crippen LogP contribution in [0, 0.1) is 0 Å². The molecule has 0 amide bonds. The number of hydrogen-bond acceptors (Lipinski definition) is 3. The molecule has 0 spiro atoms. The van der Waals surface area contributed by atoms with E-state index in [0.717, 1.165) is 11.1 Å². The average molecular weight is 316 g/mol. The highest BCUT2D eigenvalue weighted by molar-refractivity contribution is 6.24. The largest absolute Gasteiger partial charge is 0.489 e. The quantitative estimate of drug-likeness (QED) is 0.640. The van der Waals surface area contributed by atoms with Gasteiger partial charge in [-0.25, -0.2) is 4.79 Å². The molecular formula is C20H17BO3. The third-order valence-corrected chi connectivity index (χ3v) is 3.96. The Morgan fingerprint density at radius 2 is 2.04 bits per heavy atom. The third kappa shape index (κ3) is 3.43. The van der Waals surface area contributed by atoms with Crippen molar-refractivity contribution in [2.24, 2.45) is 0 Å². The van der Waals surface area contributed by atoms with Crippen LogP contribution >= 0.6 is 0 Å². The SMILES string of the molecule is [B]C1=Cc2c(c(=C)/c(=C\C(=C)OCc3ccccc3)oc2=O)CC1. The van der Waals surface area contributed by atoms with Crippen molar-refractivity contribution in [3.63, 3.8) is 0 Å². The highest BCUT2D eigenvalue weighted by Crippen LogP contribution is 2.15. The summed E-state index contributed by atoms with van der Waals surface area (Å²) in [5.74, 6) is 0.415. The molecule has 2 radical (unpaired) electrons. The van der Waals surface area contributed by atoms with E-state index >= 15 is 0 Å². The average Bonchev–Trinajstić information content (AvgIpc) is 2.58. The van der Waals surface area contributed by atoms with E-state index in [-0.39, 0.29) is 0 Å². The Morgan fingerprint density at radius 3 is 2.79 bits per heavy atom. The summed E-state index contributed by atoms with van der Waals surface area (Å²) in [6.07, 6.45) is 4.67. The first-order valence-electron chi connectivity index (χ1n) is 7.73. The first-order chi connectivity index (χ1) is 11.5. The second kappa shape index (κ2) is 6.79. The predicted molar refractivity (Wildman–Crippen MR) is 96.6 cm³/mol. The summed E-state index contributed by atoms with van der Waals surface area (Å²) < 4.78 is 11.0. The van der Waals surface area contributed by atoms with Gasteiger partial charge in [0.15, 0.2) is 0 Å². The number of allylic oxidation sites excluding steroid dienone is 2. The lowest BCUT2D eigenvalue weighted by Crippen LogP contribution is -2.35. The fraction of sp³-hybridized carbons (Fsp3) is 0.150. The van der Waals surface area contributed by atoms with E-state index in [1.807, 2.05) is 30.3 Å². The van der Waals surface area contributed by atoms with Gasteiger partial charge in [-0.05, 0) is 24.0 Å². The fourth-order valence-electron chi connectivity index (χ4n) is 2.66. The number of benzene rings is 1. The van der Waals surface area contributed by atoms with Crippen molar-refractivity contribution in [2.75, 3.05) is 0 Å². The third-order valence-electron chi connectivity index (χ3n) is 3.96. The number of fused-ring (bicyclic) bond motifs is 1. The number of ether oxygens (including phenoxy) is 1. The molecule has 1 aromatic carbocycles. The molecule has 3 nitrogen and oxygen atoms in total. The summed E-state index contributed by atoms with van der Waals surface area (Å²) in [6, 6.07) is 9.77. The standard InChI is InChI=1S/C20H17BO3/c1-13(23-12-15-6-4-3-5-7-15)10-19-14(2)17-9-8-16(21)11-18(17)20(22)24-19/h3-7,10-11H,1-2,8-9,12H2/b19-10+. The fourth-order valence-corrected chi connectivity index (χ4v) is 2.66. The van der Waals surface area contributed by atoms with Crippen LogP contribution in [0.15, 0.2) is 57.4 Å². The van der Waals surface area contributed by atoms with E-state index in [1.165, 1.54) is 0 Å². The van der Waals surface area contributed by atoms with Crippen molar-refractivity contribution >= 4 is 26.6 Å². The van der Waals surface area contributed by atoms with Gasteiger partial charge >= 0.3 is 5.63 Å². The van der Waals surface area contributed by atoms with E-state index in [2.05, 4.69) is 13.2 Å². The summed E-state index contributed by atoms with van der Waals surface area (Å²) in [6.45, 7) is 8.30. The lowest BCUT2D eigenvalue weighted by Gasteiger charge is -2.13. The molecular weight excluding hydrogens is 299 g/mol. The Balaban J connectivity index is 1.88. The van der Waals surface area contributed by atoms with Gasteiger partial charge in [-0.2, -0.15) is 0 Å². The van der Waals surface area contributed by atoms with Gasteiger partial charge in [0, 0.05) is 11.3 Å². The first kappa shape index (κ1) is 16.1. The molecule has 2 aromatic rings. The zero-order chi connectivity index (χ0) is 17.1. The van der Waals surface area contributed by atoms with Crippen LogP contribution in [0.5, 0.6) is 0 Å². The minimum atomic E-state index is -0.415. The summed E-state index contributed by atoms with van der Waals surface area (Å²) in [7, 11) is 5.80. The molecule has 0 saturated carbocycles. The van der Waals surface area contributed by atoms with Crippen LogP contribution in [0.25, 0.3) is 18.7 Å². The van der Waals surface area contributed by atoms with Crippen LogP contribution in [0.4, 0.5) is 0 Å². The van der Waals surface area contributed by atoms with Gasteiger partial charge in [0.25, 0.3) is 0 Å².